The summed E-state index contributed by atoms with van der Waals surface area (Å²) in [7, 11) is 2.97. The van der Waals surface area contributed by atoms with Crippen molar-refractivity contribution in [1.82, 2.24) is 4.57 Å². The van der Waals surface area contributed by atoms with E-state index in [0.717, 1.165) is 0 Å². The molecule has 128 valence electrons. The molecule has 0 spiro atoms. The molecule has 1 aliphatic heterocycles. The van der Waals surface area contributed by atoms with E-state index in [0.29, 0.717) is 36.0 Å². The van der Waals surface area contributed by atoms with Crippen LogP contribution in [0.3, 0.4) is 0 Å². The van der Waals surface area contributed by atoms with Crippen LogP contribution >= 0.6 is 12.2 Å². The summed E-state index contributed by atoms with van der Waals surface area (Å²) in [6.45, 7) is 1.00. The van der Waals surface area contributed by atoms with Crippen LogP contribution in [-0.4, -0.2) is 30.3 Å². The summed E-state index contributed by atoms with van der Waals surface area (Å²) in [6, 6.07) is 6.90. The van der Waals surface area contributed by atoms with Crippen molar-refractivity contribution in [2.75, 3.05) is 26.1 Å². The molecule has 0 bridgehead atoms. The molecule has 0 saturated carbocycles. The molecule has 2 heterocycles. The highest BCUT2D eigenvalue weighted by Crippen LogP contribution is 2.43. The van der Waals surface area contributed by atoms with Crippen LogP contribution in [0.1, 0.15) is 5.56 Å². The van der Waals surface area contributed by atoms with Crippen molar-refractivity contribution in [3.8, 4) is 28.7 Å². The Hall–Kier alpha value is -3.12. The van der Waals surface area contributed by atoms with E-state index in [9.17, 15) is 15.4 Å². The van der Waals surface area contributed by atoms with Gasteiger partial charge in [-0.3, -0.25) is 10.1 Å². The van der Waals surface area contributed by atoms with E-state index >= 15 is 0 Å². The quantitative estimate of drug-likeness (QED) is 0.509. The van der Waals surface area contributed by atoms with Gasteiger partial charge in [-0.2, -0.15) is 5.26 Å². The molecule has 1 aromatic carbocycles. The molecule has 1 aromatic heterocycles. The van der Waals surface area contributed by atoms with Gasteiger partial charge in [-0.15, -0.1) is 0 Å². The number of nitrogens with one attached hydrogen (secondary N) is 1. The monoisotopic (exact) mass is 358 g/mol. The average molecular weight is 358 g/mol. The highest BCUT2D eigenvalue weighted by molar-refractivity contribution is 7.71. The standard InChI is InChI=1S/C16H14N4O4S/c1-23-11-4-3-9(7-12(11)24-2)13-10(8-17)16(25)19-6-5-18-15(19)14(13)20(21)22/h3-4,7,18H,5-6H2,1-2H3. The molecule has 8 nitrogen and oxygen atoms in total. The van der Waals surface area contributed by atoms with Crippen LogP contribution in [0.2, 0.25) is 0 Å². The van der Waals surface area contributed by atoms with Crippen LogP contribution in [0.25, 0.3) is 11.1 Å². The van der Waals surface area contributed by atoms with Crippen LogP contribution in [0.4, 0.5) is 11.5 Å². The molecule has 1 N–H and O–H groups in total. The number of benzene rings is 1. The number of ether oxygens (including phenoxy) is 2. The summed E-state index contributed by atoms with van der Waals surface area (Å²) in [6.07, 6.45) is 0. The minimum atomic E-state index is -0.494. The summed E-state index contributed by atoms with van der Waals surface area (Å²) in [4.78, 5) is 11.3. The normalized spacial score (nSPS) is 12.0. The molecule has 0 saturated heterocycles. The molecule has 0 amide bonds. The Kier molecular flexibility index (Phi) is 4.29. The number of nitro groups is 1. The average Bonchev–Trinajstić information content (AvgIpc) is 3.10. The van der Waals surface area contributed by atoms with Crippen molar-refractivity contribution in [2.45, 2.75) is 6.54 Å². The molecule has 3 rings (SSSR count). The van der Waals surface area contributed by atoms with E-state index < -0.39 is 4.92 Å². The molecule has 25 heavy (non-hydrogen) atoms. The lowest BCUT2D eigenvalue weighted by molar-refractivity contribution is -0.383. The number of nitrogens with zero attached hydrogens (tertiary/aromatic N) is 3. The number of nitriles is 1. The van der Waals surface area contributed by atoms with Gasteiger partial charge in [0.2, 0.25) is 0 Å². The van der Waals surface area contributed by atoms with E-state index in [2.05, 4.69) is 5.32 Å². The molecular formula is C16H14N4O4S. The Morgan fingerprint density at radius 2 is 2.08 bits per heavy atom. The van der Waals surface area contributed by atoms with Gasteiger partial charge in [0.15, 0.2) is 17.3 Å². The van der Waals surface area contributed by atoms with Crippen molar-refractivity contribution < 1.29 is 14.4 Å². The van der Waals surface area contributed by atoms with E-state index in [1.54, 1.807) is 22.8 Å². The van der Waals surface area contributed by atoms with Gasteiger partial charge in [0.05, 0.1) is 24.7 Å². The maximum absolute atomic E-state index is 11.8. The summed E-state index contributed by atoms with van der Waals surface area (Å²) in [5, 5.41) is 24.4. The lowest BCUT2D eigenvalue weighted by Crippen LogP contribution is -2.06. The number of methoxy groups -OCH3 is 2. The Morgan fingerprint density at radius 3 is 2.68 bits per heavy atom. The number of pyridine rings is 1. The van der Waals surface area contributed by atoms with Gasteiger partial charge >= 0.3 is 5.69 Å². The smallest absolute Gasteiger partial charge is 0.318 e. The first kappa shape index (κ1) is 16.7. The summed E-state index contributed by atoms with van der Waals surface area (Å²) >= 11 is 5.38. The van der Waals surface area contributed by atoms with Gasteiger partial charge in [0, 0.05) is 13.1 Å². The van der Waals surface area contributed by atoms with Gasteiger partial charge in [0.25, 0.3) is 0 Å². The van der Waals surface area contributed by atoms with Gasteiger partial charge < -0.3 is 19.4 Å². The van der Waals surface area contributed by atoms with E-state index in [-0.39, 0.29) is 21.5 Å². The van der Waals surface area contributed by atoms with Crippen LogP contribution in [-0.2, 0) is 6.54 Å². The second-order valence-corrected chi connectivity index (χ2v) is 5.66. The van der Waals surface area contributed by atoms with Crippen LogP contribution in [0.5, 0.6) is 11.5 Å². The zero-order chi connectivity index (χ0) is 18.1. The molecule has 1 aliphatic rings. The third-order valence-corrected chi connectivity index (χ3v) is 4.46. The minimum absolute atomic E-state index is 0.0985. The fourth-order valence-electron chi connectivity index (χ4n) is 2.94. The number of rotatable bonds is 4. The van der Waals surface area contributed by atoms with Crippen molar-refractivity contribution in [3.63, 3.8) is 0 Å². The number of aromatic nitrogens is 1. The second kappa shape index (κ2) is 6.41. The van der Waals surface area contributed by atoms with Crippen LogP contribution in [0, 0.1) is 26.1 Å². The van der Waals surface area contributed by atoms with Crippen molar-refractivity contribution in [2.24, 2.45) is 0 Å². The van der Waals surface area contributed by atoms with Crippen molar-refractivity contribution in [1.29, 1.82) is 5.26 Å². The maximum Gasteiger partial charge on any atom is 0.318 e. The first-order chi connectivity index (χ1) is 12.0. The topological polar surface area (TPSA) is 102 Å². The number of fused-ring (bicyclic) bond motifs is 1. The predicted octanol–water partition coefficient (Wildman–Crippen LogP) is 3.11. The van der Waals surface area contributed by atoms with Crippen LogP contribution < -0.4 is 14.8 Å². The molecule has 0 aliphatic carbocycles. The molecule has 2 aromatic rings. The largest absolute Gasteiger partial charge is 0.493 e. The van der Waals surface area contributed by atoms with Gasteiger partial charge in [-0.25, -0.2) is 0 Å². The summed E-state index contributed by atoms with van der Waals surface area (Å²) < 4.78 is 12.3. The summed E-state index contributed by atoms with van der Waals surface area (Å²) in [5.74, 6) is 1.21. The zero-order valence-corrected chi connectivity index (χ0v) is 14.3. The predicted molar refractivity (Wildman–Crippen MR) is 93.7 cm³/mol. The fourth-order valence-corrected chi connectivity index (χ4v) is 3.27. The fraction of sp³-hybridized carbons (Fsp3) is 0.250. The third-order valence-electron chi connectivity index (χ3n) is 4.03. The lowest BCUT2D eigenvalue weighted by Gasteiger charge is -2.14. The van der Waals surface area contributed by atoms with Gasteiger partial charge in [-0.05, 0) is 17.7 Å². The minimum Gasteiger partial charge on any atom is -0.493 e. The molecule has 0 fully saturated rings. The SMILES string of the molecule is COc1ccc(-c2c([N+](=O)[O-])c3n(c(=S)c2C#N)CCN3)cc1OC. The molecule has 0 atom stereocenters. The van der Waals surface area contributed by atoms with Crippen molar-refractivity contribution >= 4 is 23.7 Å². The molecule has 0 unspecified atom stereocenters. The first-order valence-electron chi connectivity index (χ1n) is 7.35. The Balaban J connectivity index is 2.40. The molecular weight excluding hydrogens is 344 g/mol. The first-order valence-corrected chi connectivity index (χ1v) is 7.75. The number of hydrogen-bond acceptors (Lipinski definition) is 7. The van der Waals surface area contributed by atoms with E-state index in [1.807, 2.05) is 6.07 Å². The Bertz CT molecular complexity index is 978. The molecule has 0 radical (unpaired) electrons. The zero-order valence-electron chi connectivity index (χ0n) is 13.5. The lowest BCUT2D eigenvalue weighted by atomic mass is 9.99. The Morgan fingerprint density at radius 1 is 1.36 bits per heavy atom. The van der Waals surface area contributed by atoms with Crippen molar-refractivity contribution in [3.05, 3.63) is 38.5 Å². The third kappa shape index (κ3) is 2.56. The van der Waals surface area contributed by atoms with E-state index in [1.165, 1.54) is 14.2 Å². The van der Waals surface area contributed by atoms with E-state index in [4.69, 9.17) is 21.7 Å². The van der Waals surface area contributed by atoms with Crippen LogP contribution in [0.15, 0.2) is 18.2 Å². The number of anilines is 1. The second-order valence-electron chi connectivity index (χ2n) is 5.27. The highest BCUT2D eigenvalue weighted by atomic mass is 32.1. The summed E-state index contributed by atoms with van der Waals surface area (Å²) in [5.41, 5.74) is 0.569. The number of hydrogen-bond donors (Lipinski definition) is 1. The maximum atomic E-state index is 11.8. The molecule has 9 heteroatoms. The van der Waals surface area contributed by atoms with Gasteiger partial charge in [-0.1, -0.05) is 18.3 Å². The highest BCUT2D eigenvalue weighted by Gasteiger charge is 2.31. The van der Waals surface area contributed by atoms with Gasteiger partial charge in [0.1, 0.15) is 16.3 Å². The Labute approximate surface area is 148 Å².